The largest absolute Gasteiger partial charge is 0.436 e. The van der Waals surface area contributed by atoms with Crippen LogP contribution in [0.15, 0.2) is 192 Å². The number of fused-ring (bicyclic) bond motifs is 6. The Morgan fingerprint density at radius 3 is 1.71 bits per heavy atom. The summed E-state index contributed by atoms with van der Waals surface area (Å²) in [5, 5.41) is 4.61. The summed E-state index contributed by atoms with van der Waals surface area (Å²) in [6.07, 6.45) is 0. The van der Waals surface area contributed by atoms with E-state index in [1.165, 1.54) is 20.2 Å². The van der Waals surface area contributed by atoms with E-state index in [4.69, 9.17) is 9.40 Å². The molecule has 0 aliphatic carbocycles. The van der Waals surface area contributed by atoms with Crippen LogP contribution in [0.4, 0.5) is 34.1 Å². The molecule has 0 N–H and O–H groups in total. The van der Waals surface area contributed by atoms with Gasteiger partial charge in [-0.1, -0.05) is 103 Å². The van der Waals surface area contributed by atoms with E-state index in [-0.39, 0.29) is 0 Å². The highest BCUT2D eigenvalue weighted by Gasteiger charge is 2.24. The van der Waals surface area contributed by atoms with Crippen molar-refractivity contribution in [3.63, 3.8) is 0 Å². The summed E-state index contributed by atoms with van der Waals surface area (Å²) in [6.45, 7) is 0. The van der Waals surface area contributed by atoms with Crippen LogP contribution in [0.1, 0.15) is 0 Å². The molecule has 52 heavy (non-hydrogen) atoms. The number of oxazole rings is 1. The van der Waals surface area contributed by atoms with Crippen LogP contribution in [0.25, 0.3) is 53.5 Å². The van der Waals surface area contributed by atoms with Crippen molar-refractivity contribution in [3.8, 4) is 11.5 Å². The molecule has 0 saturated carbocycles. The van der Waals surface area contributed by atoms with Gasteiger partial charge in [0.05, 0.1) is 16.1 Å². The van der Waals surface area contributed by atoms with E-state index in [0.29, 0.717) is 5.89 Å². The molecule has 0 radical (unpaired) electrons. The van der Waals surface area contributed by atoms with Gasteiger partial charge in [0.15, 0.2) is 5.58 Å². The minimum absolute atomic E-state index is 0.605. The molecular formula is C47H31N3OS. The molecule has 10 aromatic rings. The molecule has 246 valence electrons. The summed E-state index contributed by atoms with van der Waals surface area (Å²) in [7, 11) is 0. The molecule has 0 aliphatic heterocycles. The van der Waals surface area contributed by atoms with Gasteiger partial charge in [-0.15, -0.1) is 11.3 Å². The second-order valence-electron chi connectivity index (χ2n) is 12.8. The Hall–Kier alpha value is -6.69. The van der Waals surface area contributed by atoms with Crippen LogP contribution in [0.3, 0.4) is 0 Å². The molecule has 0 amide bonds. The lowest BCUT2D eigenvalue weighted by Gasteiger charge is -2.31. The number of aromatic nitrogens is 1. The first kappa shape index (κ1) is 30.2. The van der Waals surface area contributed by atoms with Gasteiger partial charge in [0, 0.05) is 54.6 Å². The van der Waals surface area contributed by atoms with Crippen LogP contribution in [-0.2, 0) is 0 Å². The van der Waals surface area contributed by atoms with Crippen LogP contribution in [0, 0.1) is 0 Å². The first-order chi connectivity index (χ1) is 25.8. The number of hydrogen-bond acceptors (Lipinski definition) is 5. The molecule has 0 atom stereocenters. The highest BCUT2D eigenvalue weighted by atomic mass is 32.1. The van der Waals surface area contributed by atoms with Crippen molar-refractivity contribution in [2.75, 3.05) is 9.80 Å². The van der Waals surface area contributed by atoms with Crippen molar-refractivity contribution in [1.29, 1.82) is 0 Å². The van der Waals surface area contributed by atoms with Gasteiger partial charge in [0.1, 0.15) is 5.52 Å². The van der Waals surface area contributed by atoms with Crippen LogP contribution in [0.5, 0.6) is 0 Å². The van der Waals surface area contributed by atoms with Crippen molar-refractivity contribution >= 4 is 87.5 Å². The summed E-state index contributed by atoms with van der Waals surface area (Å²) >= 11 is 1.84. The Kier molecular flexibility index (Phi) is 7.29. The molecule has 0 spiro atoms. The lowest BCUT2D eigenvalue weighted by atomic mass is 10.0. The fourth-order valence-corrected chi connectivity index (χ4v) is 8.51. The molecular weight excluding hydrogens is 655 g/mol. The predicted octanol–water partition coefficient (Wildman–Crippen LogP) is 14.0. The molecule has 2 heterocycles. The fourth-order valence-electron chi connectivity index (χ4n) is 7.30. The van der Waals surface area contributed by atoms with Crippen molar-refractivity contribution in [3.05, 3.63) is 188 Å². The van der Waals surface area contributed by atoms with Crippen LogP contribution >= 0.6 is 11.3 Å². The van der Waals surface area contributed by atoms with Crippen molar-refractivity contribution in [1.82, 2.24) is 4.98 Å². The minimum Gasteiger partial charge on any atom is -0.436 e. The van der Waals surface area contributed by atoms with E-state index in [9.17, 15) is 0 Å². The van der Waals surface area contributed by atoms with Crippen molar-refractivity contribution < 1.29 is 4.42 Å². The number of hydrogen-bond donors (Lipinski definition) is 0. The Balaban J connectivity index is 1.32. The Morgan fingerprint density at radius 1 is 0.423 bits per heavy atom. The normalized spacial score (nSPS) is 11.5. The van der Waals surface area contributed by atoms with Gasteiger partial charge >= 0.3 is 0 Å². The molecule has 10 rings (SSSR count). The zero-order valence-electron chi connectivity index (χ0n) is 28.1. The fraction of sp³-hybridized carbons (Fsp3) is 0. The number of rotatable bonds is 7. The van der Waals surface area contributed by atoms with Crippen LogP contribution in [0.2, 0.25) is 0 Å². The van der Waals surface area contributed by atoms with Crippen LogP contribution in [-0.4, -0.2) is 4.98 Å². The Bertz CT molecular complexity index is 2810. The van der Waals surface area contributed by atoms with E-state index < -0.39 is 0 Å². The van der Waals surface area contributed by atoms with E-state index in [2.05, 4.69) is 168 Å². The Morgan fingerprint density at radius 2 is 1.02 bits per heavy atom. The standard InChI is InChI=1S/C47H31N3OS/c1-5-16-32(17-6-1)47-48-45-40-30-36(49(33-18-7-2-8-19-33)34-20-9-3-10-21-34)31-42(37(40)28-29-43(45)51-47)50(35-22-11-4-12-23-35)41-26-15-25-39-38-24-13-14-27-44(38)52-46(39)41/h1-31H. The van der Waals surface area contributed by atoms with E-state index in [1.807, 2.05) is 41.7 Å². The minimum atomic E-state index is 0.605. The Labute approximate surface area is 305 Å². The average molecular weight is 686 g/mol. The van der Waals surface area contributed by atoms with Gasteiger partial charge in [0.2, 0.25) is 5.89 Å². The SMILES string of the molecule is c1ccc(-c2nc3c(ccc4c(N(c5ccccc5)c5cccc6c5sc5ccccc56)cc(N(c5ccccc5)c5ccccc5)cc43)o2)cc1. The summed E-state index contributed by atoms with van der Waals surface area (Å²) in [5.74, 6) is 0.605. The van der Waals surface area contributed by atoms with Crippen molar-refractivity contribution in [2.45, 2.75) is 0 Å². The highest BCUT2D eigenvalue weighted by Crippen LogP contribution is 2.49. The van der Waals surface area contributed by atoms with Gasteiger partial charge in [0.25, 0.3) is 0 Å². The molecule has 4 nitrogen and oxygen atoms in total. The number of thiophene rings is 1. The number of nitrogens with zero attached hydrogens (tertiary/aromatic N) is 3. The number of anilines is 6. The molecule has 2 aromatic heterocycles. The molecule has 0 saturated heterocycles. The molecule has 5 heteroatoms. The maximum Gasteiger partial charge on any atom is 0.227 e. The van der Waals surface area contributed by atoms with Crippen molar-refractivity contribution in [2.24, 2.45) is 0 Å². The molecule has 8 aromatic carbocycles. The highest BCUT2D eigenvalue weighted by molar-refractivity contribution is 7.26. The first-order valence-electron chi connectivity index (χ1n) is 17.4. The van der Waals surface area contributed by atoms with Gasteiger partial charge in [-0.05, 0) is 84.9 Å². The summed E-state index contributed by atoms with van der Waals surface area (Å²) in [6, 6.07) is 66.2. The third-order valence-corrected chi connectivity index (χ3v) is 10.8. The third kappa shape index (κ3) is 5.10. The number of benzene rings is 8. The van der Waals surface area contributed by atoms with E-state index in [1.54, 1.807) is 0 Å². The smallest absolute Gasteiger partial charge is 0.227 e. The second-order valence-corrected chi connectivity index (χ2v) is 13.8. The molecule has 0 unspecified atom stereocenters. The molecule has 0 fully saturated rings. The summed E-state index contributed by atoms with van der Waals surface area (Å²) < 4.78 is 8.97. The van der Waals surface area contributed by atoms with Gasteiger partial charge in [-0.25, -0.2) is 4.98 Å². The second kappa shape index (κ2) is 12.6. The average Bonchev–Trinajstić information content (AvgIpc) is 3.83. The zero-order chi connectivity index (χ0) is 34.4. The lowest BCUT2D eigenvalue weighted by Crippen LogP contribution is -2.14. The monoisotopic (exact) mass is 685 g/mol. The maximum absolute atomic E-state index is 6.46. The summed E-state index contributed by atoms with van der Waals surface area (Å²) in [4.78, 5) is 9.92. The zero-order valence-corrected chi connectivity index (χ0v) is 28.9. The third-order valence-electron chi connectivity index (χ3n) is 9.64. The topological polar surface area (TPSA) is 32.5 Å². The van der Waals surface area contributed by atoms with Gasteiger partial charge in [-0.2, -0.15) is 0 Å². The van der Waals surface area contributed by atoms with Gasteiger partial charge < -0.3 is 14.2 Å². The lowest BCUT2D eigenvalue weighted by molar-refractivity contribution is 0.620. The summed E-state index contributed by atoms with van der Waals surface area (Å²) in [5.41, 5.74) is 8.91. The number of para-hydroxylation sites is 3. The molecule has 0 bridgehead atoms. The van der Waals surface area contributed by atoms with Gasteiger partial charge in [-0.3, -0.25) is 0 Å². The quantitative estimate of drug-likeness (QED) is 0.167. The predicted molar refractivity (Wildman–Crippen MR) is 219 cm³/mol. The van der Waals surface area contributed by atoms with E-state index >= 15 is 0 Å². The van der Waals surface area contributed by atoms with E-state index in [0.717, 1.165) is 61.6 Å². The maximum atomic E-state index is 6.46. The molecule has 0 aliphatic rings. The van der Waals surface area contributed by atoms with Crippen LogP contribution < -0.4 is 9.80 Å². The first-order valence-corrected chi connectivity index (χ1v) is 18.2.